The maximum absolute atomic E-state index is 4.27. The van der Waals surface area contributed by atoms with E-state index in [2.05, 4.69) is 25.5 Å². The normalized spacial score (nSPS) is 12.6. The Balaban J connectivity index is 2.10. The van der Waals surface area contributed by atoms with E-state index in [1.807, 2.05) is 25.2 Å². The fourth-order valence-electron chi connectivity index (χ4n) is 1.45. The minimum absolute atomic E-state index is 0.127. The summed E-state index contributed by atoms with van der Waals surface area (Å²) >= 11 is 0. The average molecular weight is 203 g/mol. The number of aromatic amines is 1. The molecule has 5 nitrogen and oxygen atoms in total. The van der Waals surface area contributed by atoms with E-state index < -0.39 is 0 Å². The van der Waals surface area contributed by atoms with E-state index in [4.69, 9.17) is 0 Å². The van der Waals surface area contributed by atoms with Crippen LogP contribution in [0.3, 0.4) is 0 Å². The van der Waals surface area contributed by atoms with Crippen LogP contribution >= 0.6 is 0 Å². The molecular weight excluding hydrogens is 190 g/mol. The highest BCUT2D eigenvalue weighted by Crippen LogP contribution is 2.11. The van der Waals surface area contributed by atoms with Crippen LogP contribution in [0.5, 0.6) is 0 Å². The van der Waals surface area contributed by atoms with Crippen LogP contribution in [-0.2, 0) is 6.42 Å². The van der Waals surface area contributed by atoms with Gasteiger partial charge in [-0.1, -0.05) is 6.07 Å². The Morgan fingerprint density at radius 3 is 2.93 bits per heavy atom. The van der Waals surface area contributed by atoms with E-state index in [1.54, 1.807) is 6.20 Å². The van der Waals surface area contributed by atoms with Crippen molar-refractivity contribution in [2.24, 2.45) is 0 Å². The fraction of sp³-hybridized carbons (Fsp3) is 0.300. The summed E-state index contributed by atoms with van der Waals surface area (Å²) in [4.78, 5) is 8.40. The molecule has 1 unspecified atom stereocenters. The molecule has 0 aromatic carbocycles. The van der Waals surface area contributed by atoms with Crippen LogP contribution in [-0.4, -0.2) is 27.2 Å². The van der Waals surface area contributed by atoms with Crippen molar-refractivity contribution < 1.29 is 0 Å². The van der Waals surface area contributed by atoms with Crippen molar-refractivity contribution in [1.82, 2.24) is 25.5 Å². The molecule has 78 valence electrons. The van der Waals surface area contributed by atoms with Gasteiger partial charge in [0, 0.05) is 18.3 Å². The van der Waals surface area contributed by atoms with E-state index >= 15 is 0 Å². The van der Waals surface area contributed by atoms with Crippen molar-refractivity contribution in [3.63, 3.8) is 0 Å². The quantitative estimate of drug-likeness (QED) is 0.767. The lowest BCUT2D eigenvalue weighted by atomic mass is 10.1. The summed E-state index contributed by atoms with van der Waals surface area (Å²) in [6.07, 6.45) is 4.10. The number of hydrogen-bond acceptors (Lipinski definition) is 4. The number of hydrogen-bond donors (Lipinski definition) is 2. The predicted molar refractivity (Wildman–Crippen MR) is 56.1 cm³/mol. The number of H-pyrrole nitrogens is 1. The summed E-state index contributed by atoms with van der Waals surface area (Å²) in [7, 11) is 1.90. The second-order valence-electron chi connectivity index (χ2n) is 3.24. The molecule has 0 spiro atoms. The molecule has 0 saturated heterocycles. The molecule has 2 aromatic heterocycles. The van der Waals surface area contributed by atoms with Gasteiger partial charge in [-0.05, 0) is 19.2 Å². The Bertz CT molecular complexity index is 383. The van der Waals surface area contributed by atoms with Crippen LogP contribution in [0.25, 0.3) is 0 Å². The molecule has 2 aromatic rings. The topological polar surface area (TPSA) is 66.5 Å². The third-order valence-corrected chi connectivity index (χ3v) is 2.25. The smallest absolute Gasteiger partial charge is 0.141 e. The first-order valence-electron chi connectivity index (χ1n) is 4.82. The van der Waals surface area contributed by atoms with Crippen LogP contribution < -0.4 is 5.32 Å². The van der Waals surface area contributed by atoms with Gasteiger partial charge in [0.05, 0.1) is 6.04 Å². The van der Waals surface area contributed by atoms with Crippen molar-refractivity contribution in [3.05, 3.63) is 42.2 Å². The van der Waals surface area contributed by atoms with Crippen molar-refractivity contribution in [3.8, 4) is 0 Å². The SMILES string of the molecule is CNC(Cc1ccccn1)c1ncn[nH]1. The minimum atomic E-state index is 0.127. The molecule has 0 amide bonds. The van der Waals surface area contributed by atoms with Crippen molar-refractivity contribution in [1.29, 1.82) is 0 Å². The van der Waals surface area contributed by atoms with Crippen LogP contribution in [0, 0.1) is 0 Å². The standard InChI is InChI=1S/C10H13N5/c1-11-9(10-13-7-14-15-10)6-8-4-2-3-5-12-8/h2-5,7,9,11H,6H2,1H3,(H,13,14,15). The van der Waals surface area contributed by atoms with Gasteiger partial charge in [-0.25, -0.2) is 4.98 Å². The number of pyridine rings is 1. The second kappa shape index (κ2) is 4.65. The summed E-state index contributed by atoms with van der Waals surface area (Å²) in [5.74, 6) is 0.836. The number of rotatable bonds is 4. The molecule has 5 heteroatoms. The molecule has 0 aliphatic carbocycles. The van der Waals surface area contributed by atoms with Gasteiger partial charge < -0.3 is 5.32 Å². The molecule has 0 saturated carbocycles. The first-order valence-corrected chi connectivity index (χ1v) is 4.82. The zero-order valence-corrected chi connectivity index (χ0v) is 8.51. The molecule has 2 rings (SSSR count). The van der Waals surface area contributed by atoms with Crippen molar-refractivity contribution >= 4 is 0 Å². The van der Waals surface area contributed by atoms with Gasteiger partial charge >= 0.3 is 0 Å². The molecule has 2 N–H and O–H groups in total. The van der Waals surface area contributed by atoms with E-state index in [-0.39, 0.29) is 6.04 Å². The summed E-state index contributed by atoms with van der Waals surface area (Å²) in [5.41, 5.74) is 1.04. The van der Waals surface area contributed by atoms with E-state index in [0.717, 1.165) is 17.9 Å². The average Bonchev–Trinajstić information content (AvgIpc) is 2.81. The maximum Gasteiger partial charge on any atom is 0.141 e. The lowest BCUT2D eigenvalue weighted by molar-refractivity contribution is 0.553. The highest BCUT2D eigenvalue weighted by molar-refractivity contribution is 5.07. The van der Waals surface area contributed by atoms with E-state index in [0.29, 0.717) is 0 Å². The molecule has 1 atom stereocenters. The Morgan fingerprint density at radius 1 is 1.40 bits per heavy atom. The number of nitrogens with one attached hydrogen (secondary N) is 2. The van der Waals surface area contributed by atoms with Crippen LogP contribution in [0.2, 0.25) is 0 Å². The van der Waals surface area contributed by atoms with E-state index in [1.165, 1.54) is 6.33 Å². The third kappa shape index (κ3) is 2.38. The van der Waals surface area contributed by atoms with Crippen molar-refractivity contribution in [2.75, 3.05) is 7.05 Å². The summed E-state index contributed by atoms with van der Waals surface area (Å²) < 4.78 is 0. The molecular formula is C10H13N5. The molecule has 0 aliphatic rings. The zero-order chi connectivity index (χ0) is 10.5. The summed E-state index contributed by atoms with van der Waals surface area (Å²) in [6, 6.07) is 6.02. The van der Waals surface area contributed by atoms with Gasteiger partial charge in [0.25, 0.3) is 0 Å². The first kappa shape index (κ1) is 9.79. The Hall–Kier alpha value is -1.75. The van der Waals surface area contributed by atoms with Gasteiger partial charge in [-0.15, -0.1) is 0 Å². The predicted octanol–water partition coefficient (Wildman–Crippen LogP) is 0.703. The molecule has 0 radical (unpaired) electrons. The number of aromatic nitrogens is 4. The zero-order valence-electron chi connectivity index (χ0n) is 8.51. The second-order valence-corrected chi connectivity index (χ2v) is 3.24. The lowest BCUT2D eigenvalue weighted by Crippen LogP contribution is -2.20. The van der Waals surface area contributed by atoms with Gasteiger partial charge in [-0.3, -0.25) is 10.1 Å². The Kier molecular flexibility index (Phi) is 3.04. The van der Waals surface area contributed by atoms with E-state index in [9.17, 15) is 0 Å². The molecule has 0 aliphatic heterocycles. The summed E-state index contributed by atoms with van der Waals surface area (Å²) in [5, 5.41) is 9.87. The summed E-state index contributed by atoms with van der Waals surface area (Å²) in [6.45, 7) is 0. The van der Waals surface area contributed by atoms with Crippen LogP contribution in [0.1, 0.15) is 17.6 Å². The van der Waals surface area contributed by atoms with Gasteiger partial charge in [-0.2, -0.15) is 5.10 Å². The Morgan fingerprint density at radius 2 is 2.33 bits per heavy atom. The highest BCUT2D eigenvalue weighted by Gasteiger charge is 2.12. The molecule has 0 fully saturated rings. The number of likely N-dealkylation sites (N-methyl/N-ethyl adjacent to an activating group) is 1. The minimum Gasteiger partial charge on any atom is -0.310 e. The molecule has 15 heavy (non-hydrogen) atoms. The van der Waals surface area contributed by atoms with Gasteiger partial charge in [0.15, 0.2) is 0 Å². The Labute approximate surface area is 88.0 Å². The molecule has 0 bridgehead atoms. The van der Waals surface area contributed by atoms with Crippen molar-refractivity contribution in [2.45, 2.75) is 12.5 Å². The van der Waals surface area contributed by atoms with Crippen LogP contribution in [0.15, 0.2) is 30.7 Å². The number of nitrogens with zero attached hydrogens (tertiary/aromatic N) is 3. The monoisotopic (exact) mass is 203 g/mol. The van der Waals surface area contributed by atoms with Gasteiger partial charge in [0.1, 0.15) is 12.2 Å². The third-order valence-electron chi connectivity index (χ3n) is 2.25. The highest BCUT2D eigenvalue weighted by atomic mass is 15.2. The molecule has 2 heterocycles. The maximum atomic E-state index is 4.27. The fourth-order valence-corrected chi connectivity index (χ4v) is 1.45. The van der Waals surface area contributed by atoms with Crippen LogP contribution in [0.4, 0.5) is 0 Å². The van der Waals surface area contributed by atoms with Gasteiger partial charge in [0.2, 0.25) is 0 Å². The lowest BCUT2D eigenvalue weighted by Gasteiger charge is -2.12. The largest absolute Gasteiger partial charge is 0.310 e. The first-order chi connectivity index (χ1) is 7.40.